The van der Waals surface area contributed by atoms with Crippen LogP contribution in [-0.2, 0) is 7.05 Å². The second-order valence-corrected chi connectivity index (χ2v) is 4.84. The van der Waals surface area contributed by atoms with Crippen LogP contribution in [0.25, 0.3) is 32.8 Å². The maximum absolute atomic E-state index is 13.4. The maximum atomic E-state index is 13.4. The zero-order chi connectivity index (χ0) is 13.0. The monoisotopic (exact) mass is 286 g/mol. The first-order chi connectivity index (χ1) is 9.24. The fourth-order valence-corrected chi connectivity index (χ4v) is 2.84. The number of aryl methyl sites for hydroxylation is 1. The molecular weight excluding hydrogens is 275 g/mol. The van der Waals surface area contributed by atoms with Crippen molar-refractivity contribution in [3.63, 3.8) is 0 Å². The minimum Gasteiger partial charge on any atom is -1.00 e. The molecule has 4 aromatic rings. The summed E-state index contributed by atoms with van der Waals surface area (Å²) in [5, 5.41) is 2.09. The smallest absolute Gasteiger partial charge is 0.238 e. The highest BCUT2D eigenvalue weighted by Gasteiger charge is 2.16. The minimum atomic E-state index is -0.206. The van der Waals surface area contributed by atoms with Gasteiger partial charge in [0.05, 0.1) is 16.3 Å². The Bertz CT molecular complexity index is 943. The molecular formula is C16H12ClFN2. The Morgan fingerprint density at radius 2 is 1.80 bits per heavy atom. The van der Waals surface area contributed by atoms with E-state index < -0.39 is 0 Å². The van der Waals surface area contributed by atoms with Gasteiger partial charge in [-0.3, -0.25) is 0 Å². The first-order valence-corrected chi connectivity index (χ1v) is 6.23. The molecule has 0 fully saturated rings. The number of halogens is 2. The van der Waals surface area contributed by atoms with Crippen molar-refractivity contribution in [2.24, 2.45) is 7.05 Å². The molecule has 0 aliphatic rings. The van der Waals surface area contributed by atoms with Gasteiger partial charge in [-0.05, 0) is 30.3 Å². The van der Waals surface area contributed by atoms with E-state index in [0.717, 1.165) is 27.5 Å². The molecule has 100 valence electrons. The molecule has 0 radical (unpaired) electrons. The Hall–Kier alpha value is -2.13. The highest BCUT2D eigenvalue weighted by atomic mass is 35.5. The number of aromatic nitrogens is 2. The third kappa shape index (κ3) is 1.67. The normalized spacial score (nSPS) is 11.1. The number of H-pyrrole nitrogens is 1. The standard InChI is InChI=1S/C16H11FN2.ClH/c1-19-15-7-6-11(17)8-10(15)9-14-16(19)12-4-2-3-5-13(12)18-14;/h2-9H,1H3;1H. The quantitative estimate of drug-likeness (QED) is 0.453. The summed E-state index contributed by atoms with van der Waals surface area (Å²) < 4.78 is 15.5. The predicted octanol–water partition coefficient (Wildman–Crippen LogP) is 0.442. The lowest BCUT2D eigenvalue weighted by Gasteiger charge is -1.99. The topological polar surface area (TPSA) is 19.7 Å². The molecule has 20 heavy (non-hydrogen) atoms. The Labute approximate surface area is 121 Å². The molecule has 0 amide bonds. The SMILES string of the molecule is C[n+]1c2ccc(F)cc2cc2[nH]c3ccccc3c21.[Cl-]. The zero-order valence-corrected chi connectivity index (χ0v) is 11.6. The van der Waals surface area contributed by atoms with Crippen molar-refractivity contribution in [1.29, 1.82) is 0 Å². The molecule has 4 rings (SSSR count). The summed E-state index contributed by atoms with van der Waals surface area (Å²) in [5.41, 5.74) is 4.30. The first kappa shape index (κ1) is 12.9. The molecule has 1 N–H and O–H groups in total. The lowest BCUT2D eigenvalue weighted by Crippen LogP contribution is -3.00. The molecule has 0 unspecified atom stereocenters. The molecule has 0 aliphatic heterocycles. The average molecular weight is 287 g/mol. The summed E-state index contributed by atoms with van der Waals surface area (Å²) in [5.74, 6) is -0.206. The lowest BCUT2D eigenvalue weighted by atomic mass is 10.1. The van der Waals surface area contributed by atoms with Crippen molar-refractivity contribution in [2.45, 2.75) is 0 Å². The van der Waals surface area contributed by atoms with E-state index in [-0.39, 0.29) is 18.2 Å². The number of hydrogen-bond donors (Lipinski definition) is 1. The number of benzene rings is 2. The molecule has 0 saturated heterocycles. The van der Waals surface area contributed by atoms with Crippen molar-refractivity contribution in [3.8, 4) is 0 Å². The molecule has 0 bridgehead atoms. The molecule has 0 atom stereocenters. The van der Waals surface area contributed by atoms with Crippen LogP contribution in [-0.4, -0.2) is 4.98 Å². The molecule has 4 heteroatoms. The van der Waals surface area contributed by atoms with Crippen molar-refractivity contribution in [1.82, 2.24) is 4.98 Å². The van der Waals surface area contributed by atoms with Crippen LogP contribution in [0.5, 0.6) is 0 Å². The molecule has 2 heterocycles. The van der Waals surface area contributed by atoms with Gasteiger partial charge >= 0.3 is 0 Å². The molecule has 0 spiro atoms. The highest BCUT2D eigenvalue weighted by Crippen LogP contribution is 2.25. The first-order valence-electron chi connectivity index (χ1n) is 6.23. The summed E-state index contributed by atoms with van der Waals surface area (Å²) >= 11 is 0. The van der Waals surface area contributed by atoms with Crippen molar-refractivity contribution < 1.29 is 21.4 Å². The van der Waals surface area contributed by atoms with E-state index in [9.17, 15) is 4.39 Å². The van der Waals surface area contributed by atoms with Gasteiger partial charge in [-0.25, -0.2) is 4.39 Å². The minimum absolute atomic E-state index is 0. The van der Waals surface area contributed by atoms with Gasteiger partial charge in [-0.15, -0.1) is 0 Å². The Morgan fingerprint density at radius 1 is 1.00 bits per heavy atom. The van der Waals surface area contributed by atoms with Crippen LogP contribution in [0.2, 0.25) is 0 Å². The number of rotatable bonds is 0. The van der Waals surface area contributed by atoms with E-state index in [1.165, 1.54) is 11.5 Å². The largest absolute Gasteiger partial charge is 1.00 e. The van der Waals surface area contributed by atoms with Crippen molar-refractivity contribution in [2.75, 3.05) is 0 Å². The highest BCUT2D eigenvalue weighted by molar-refractivity contribution is 6.05. The van der Waals surface area contributed by atoms with E-state index in [0.29, 0.717) is 0 Å². The van der Waals surface area contributed by atoms with Gasteiger partial charge in [0.25, 0.3) is 0 Å². The predicted molar refractivity (Wildman–Crippen MR) is 74.4 cm³/mol. The summed E-state index contributed by atoms with van der Waals surface area (Å²) in [6.45, 7) is 0. The van der Waals surface area contributed by atoms with Crippen molar-refractivity contribution in [3.05, 3.63) is 54.3 Å². The van der Waals surface area contributed by atoms with E-state index >= 15 is 0 Å². The number of aromatic amines is 1. The average Bonchev–Trinajstić information content (AvgIpc) is 2.76. The fraction of sp³-hybridized carbons (Fsp3) is 0.0625. The molecule has 0 saturated carbocycles. The van der Waals surface area contributed by atoms with Crippen LogP contribution in [0.15, 0.2) is 48.5 Å². The van der Waals surface area contributed by atoms with Gasteiger partial charge in [0.2, 0.25) is 11.0 Å². The van der Waals surface area contributed by atoms with Gasteiger partial charge in [0.15, 0.2) is 0 Å². The van der Waals surface area contributed by atoms with Crippen LogP contribution in [0, 0.1) is 5.82 Å². The van der Waals surface area contributed by atoms with E-state index in [2.05, 4.69) is 21.7 Å². The molecule has 2 aromatic heterocycles. The van der Waals surface area contributed by atoms with Crippen LogP contribution >= 0.6 is 0 Å². The van der Waals surface area contributed by atoms with Crippen LogP contribution in [0.4, 0.5) is 4.39 Å². The summed E-state index contributed by atoms with van der Waals surface area (Å²) in [7, 11) is 2.02. The molecule has 2 nitrogen and oxygen atoms in total. The van der Waals surface area contributed by atoms with Gasteiger partial charge in [-0.1, -0.05) is 12.1 Å². The molecule has 0 aliphatic carbocycles. The number of nitrogens with zero attached hydrogens (tertiary/aromatic N) is 1. The summed E-state index contributed by atoms with van der Waals surface area (Å²) in [6, 6.07) is 15.1. The Balaban J connectivity index is 0.00000121. The molecule has 2 aromatic carbocycles. The van der Waals surface area contributed by atoms with Crippen LogP contribution in [0.3, 0.4) is 0 Å². The second-order valence-electron chi connectivity index (χ2n) is 4.84. The second kappa shape index (κ2) is 4.46. The number of hydrogen-bond acceptors (Lipinski definition) is 0. The van der Waals surface area contributed by atoms with Gasteiger partial charge in [-0.2, -0.15) is 4.57 Å². The fourth-order valence-electron chi connectivity index (χ4n) is 2.84. The Morgan fingerprint density at radius 3 is 2.65 bits per heavy atom. The number of pyridine rings is 1. The third-order valence-electron chi connectivity index (χ3n) is 3.69. The van der Waals surface area contributed by atoms with Crippen LogP contribution < -0.4 is 17.0 Å². The lowest BCUT2D eigenvalue weighted by molar-refractivity contribution is -0.616. The van der Waals surface area contributed by atoms with Crippen molar-refractivity contribution >= 4 is 32.8 Å². The summed E-state index contributed by atoms with van der Waals surface area (Å²) in [6.07, 6.45) is 0. The number of fused-ring (bicyclic) bond motifs is 4. The van der Waals surface area contributed by atoms with Crippen LogP contribution in [0.1, 0.15) is 0 Å². The van der Waals surface area contributed by atoms with E-state index in [1.807, 2.05) is 31.3 Å². The maximum Gasteiger partial charge on any atom is 0.238 e. The Kier molecular flexibility index (Phi) is 2.87. The van der Waals surface area contributed by atoms with E-state index in [4.69, 9.17) is 0 Å². The van der Waals surface area contributed by atoms with Gasteiger partial charge in [0.1, 0.15) is 18.4 Å². The number of para-hydroxylation sites is 1. The third-order valence-corrected chi connectivity index (χ3v) is 3.69. The van der Waals surface area contributed by atoms with Gasteiger partial charge < -0.3 is 17.4 Å². The van der Waals surface area contributed by atoms with Gasteiger partial charge in [0, 0.05) is 6.07 Å². The number of nitrogens with one attached hydrogen (secondary N) is 1. The summed E-state index contributed by atoms with van der Waals surface area (Å²) in [4.78, 5) is 3.39. The zero-order valence-electron chi connectivity index (χ0n) is 10.8. The van der Waals surface area contributed by atoms with E-state index in [1.54, 1.807) is 6.07 Å².